The van der Waals surface area contributed by atoms with Gasteiger partial charge in [-0.25, -0.2) is 10.4 Å². The van der Waals surface area contributed by atoms with Crippen LogP contribution in [0.4, 0.5) is 0 Å². The number of aromatic nitrogens is 1. The highest BCUT2D eigenvalue weighted by molar-refractivity contribution is 6.07. The van der Waals surface area contributed by atoms with Crippen LogP contribution in [0.15, 0.2) is 77.9 Å². The Morgan fingerprint density at radius 2 is 1.74 bits per heavy atom. The van der Waals surface area contributed by atoms with E-state index in [2.05, 4.69) is 17.5 Å². The van der Waals surface area contributed by atoms with Crippen molar-refractivity contribution in [2.45, 2.75) is 13.3 Å². The summed E-state index contributed by atoms with van der Waals surface area (Å²) in [5.41, 5.74) is 6.08. The lowest BCUT2D eigenvalue weighted by Gasteiger charge is -2.10. The average molecular weight is 470 g/mol. The minimum absolute atomic E-state index is 0.342. The second-order valence-electron chi connectivity index (χ2n) is 7.75. The van der Waals surface area contributed by atoms with E-state index in [1.54, 1.807) is 38.5 Å². The summed E-state index contributed by atoms with van der Waals surface area (Å²) in [5, 5.41) is 4.90. The molecule has 35 heavy (non-hydrogen) atoms. The van der Waals surface area contributed by atoms with Crippen molar-refractivity contribution in [3.63, 3.8) is 0 Å². The van der Waals surface area contributed by atoms with Gasteiger partial charge < -0.3 is 14.2 Å². The molecule has 0 unspecified atom stereocenters. The molecule has 4 rings (SSSR count). The van der Waals surface area contributed by atoms with Gasteiger partial charge in [0.1, 0.15) is 17.2 Å². The van der Waals surface area contributed by atoms with Gasteiger partial charge in [0.25, 0.3) is 5.91 Å². The van der Waals surface area contributed by atoms with E-state index in [4.69, 9.17) is 19.2 Å². The zero-order chi connectivity index (χ0) is 24.6. The first kappa shape index (κ1) is 23.8. The van der Waals surface area contributed by atoms with Gasteiger partial charge in [0.05, 0.1) is 43.8 Å². The number of nitrogens with one attached hydrogen (secondary N) is 1. The number of para-hydroxylation sites is 1. The van der Waals surface area contributed by atoms with Crippen LogP contribution in [-0.4, -0.2) is 37.9 Å². The molecule has 0 saturated carbocycles. The molecule has 0 bridgehead atoms. The third-order valence-corrected chi connectivity index (χ3v) is 5.39. The summed E-state index contributed by atoms with van der Waals surface area (Å²) < 4.78 is 16.3. The molecule has 0 aliphatic carbocycles. The van der Waals surface area contributed by atoms with Crippen LogP contribution >= 0.6 is 0 Å². The van der Waals surface area contributed by atoms with E-state index >= 15 is 0 Å². The number of benzene rings is 3. The predicted octanol–water partition coefficient (Wildman–Crippen LogP) is 5.47. The zero-order valence-electron chi connectivity index (χ0n) is 19.9. The smallest absolute Gasteiger partial charge is 0.272 e. The topological polar surface area (TPSA) is 82.0 Å². The van der Waals surface area contributed by atoms with Gasteiger partial charge in [-0.15, -0.1) is 0 Å². The Labute approximate surface area is 204 Å². The van der Waals surface area contributed by atoms with Crippen LogP contribution < -0.4 is 19.6 Å². The normalized spacial score (nSPS) is 10.9. The molecule has 7 heteroatoms. The first-order chi connectivity index (χ1) is 17.1. The highest BCUT2D eigenvalue weighted by Crippen LogP contribution is 2.27. The van der Waals surface area contributed by atoms with Gasteiger partial charge in [-0.2, -0.15) is 5.10 Å². The lowest BCUT2D eigenvalue weighted by Crippen LogP contribution is -2.18. The van der Waals surface area contributed by atoms with Crippen LogP contribution in [0.2, 0.25) is 0 Å². The van der Waals surface area contributed by atoms with Gasteiger partial charge in [-0.3, -0.25) is 4.79 Å². The van der Waals surface area contributed by atoms with E-state index in [-0.39, 0.29) is 5.91 Å². The van der Waals surface area contributed by atoms with E-state index in [9.17, 15) is 4.79 Å². The first-order valence-electron chi connectivity index (χ1n) is 11.3. The Balaban J connectivity index is 1.62. The molecule has 0 spiro atoms. The van der Waals surface area contributed by atoms with Crippen molar-refractivity contribution in [2.75, 3.05) is 20.8 Å². The molecule has 0 fully saturated rings. The average Bonchev–Trinajstić information content (AvgIpc) is 2.91. The molecule has 0 atom stereocenters. The van der Waals surface area contributed by atoms with Gasteiger partial charge in [-0.05, 0) is 61.0 Å². The molecule has 7 nitrogen and oxygen atoms in total. The number of amides is 1. The van der Waals surface area contributed by atoms with Crippen molar-refractivity contribution in [1.82, 2.24) is 10.4 Å². The monoisotopic (exact) mass is 469 g/mol. The van der Waals surface area contributed by atoms with Crippen LogP contribution in [0.5, 0.6) is 17.2 Å². The molecular formula is C28H27N3O4. The Morgan fingerprint density at radius 3 is 2.49 bits per heavy atom. The fourth-order valence-electron chi connectivity index (χ4n) is 3.61. The predicted molar refractivity (Wildman–Crippen MR) is 138 cm³/mol. The van der Waals surface area contributed by atoms with Gasteiger partial charge in [0, 0.05) is 16.5 Å². The Hall–Kier alpha value is -4.39. The van der Waals surface area contributed by atoms with Crippen LogP contribution in [-0.2, 0) is 0 Å². The van der Waals surface area contributed by atoms with Gasteiger partial charge in [0.2, 0.25) is 0 Å². The summed E-state index contributed by atoms with van der Waals surface area (Å²) in [7, 11) is 3.16. The molecule has 178 valence electrons. The highest BCUT2D eigenvalue weighted by atomic mass is 16.5. The number of methoxy groups -OCH3 is 2. The number of carbonyl (C=O) groups is 1. The first-order valence-corrected chi connectivity index (χ1v) is 11.3. The van der Waals surface area contributed by atoms with E-state index in [1.807, 2.05) is 48.5 Å². The highest BCUT2D eigenvalue weighted by Gasteiger charge is 2.14. The van der Waals surface area contributed by atoms with Gasteiger partial charge >= 0.3 is 0 Å². The molecule has 0 aliphatic heterocycles. The maximum atomic E-state index is 13.2. The van der Waals surface area contributed by atoms with Crippen molar-refractivity contribution in [3.05, 3.63) is 83.9 Å². The lowest BCUT2D eigenvalue weighted by atomic mass is 10.0. The minimum Gasteiger partial charge on any atom is -0.497 e. The summed E-state index contributed by atoms with van der Waals surface area (Å²) in [6.45, 7) is 2.73. The van der Waals surface area contributed by atoms with Crippen molar-refractivity contribution >= 4 is 23.0 Å². The molecule has 1 N–H and O–H groups in total. The summed E-state index contributed by atoms with van der Waals surface area (Å²) in [5.74, 6) is 1.74. The van der Waals surface area contributed by atoms with E-state index in [0.29, 0.717) is 34.9 Å². The summed E-state index contributed by atoms with van der Waals surface area (Å²) in [6.07, 6.45) is 2.47. The summed E-state index contributed by atoms with van der Waals surface area (Å²) in [6, 6.07) is 22.4. The molecule has 3 aromatic carbocycles. The molecule has 4 aromatic rings. The number of fused-ring (bicyclic) bond motifs is 1. The molecule has 1 heterocycles. The van der Waals surface area contributed by atoms with Gasteiger partial charge in [0.15, 0.2) is 0 Å². The molecule has 1 amide bonds. The van der Waals surface area contributed by atoms with Crippen LogP contribution in [0.1, 0.15) is 29.3 Å². The third-order valence-electron chi connectivity index (χ3n) is 5.39. The minimum atomic E-state index is -0.342. The maximum absolute atomic E-state index is 13.2. The SMILES string of the molecule is CCCOc1ccc(-c2cc(C(=O)NN=Cc3cc(OC)ccc3OC)c3ccccc3n2)cc1. The molecular weight excluding hydrogens is 442 g/mol. The Kier molecular flexibility index (Phi) is 7.57. The fourth-order valence-corrected chi connectivity index (χ4v) is 3.61. The maximum Gasteiger partial charge on any atom is 0.272 e. The van der Waals surface area contributed by atoms with Crippen LogP contribution in [0, 0.1) is 0 Å². The van der Waals surface area contributed by atoms with E-state index < -0.39 is 0 Å². The standard InChI is InChI=1S/C28H27N3O4/c1-4-15-35-21-11-9-19(10-12-21)26-17-24(23-7-5-6-8-25(23)30-26)28(32)31-29-18-20-16-22(33-2)13-14-27(20)34-3/h5-14,16-18H,4,15H2,1-3H3,(H,31,32). The molecule has 0 radical (unpaired) electrons. The second kappa shape index (κ2) is 11.2. The molecule has 0 saturated heterocycles. The van der Waals surface area contributed by atoms with Crippen LogP contribution in [0.3, 0.4) is 0 Å². The number of pyridine rings is 1. The Morgan fingerprint density at radius 1 is 0.971 bits per heavy atom. The van der Waals surface area contributed by atoms with Crippen LogP contribution in [0.25, 0.3) is 22.2 Å². The number of ether oxygens (including phenoxy) is 3. The number of rotatable bonds is 9. The quantitative estimate of drug-likeness (QED) is 0.260. The zero-order valence-corrected chi connectivity index (χ0v) is 19.9. The fraction of sp³-hybridized carbons (Fsp3) is 0.179. The van der Waals surface area contributed by atoms with E-state index in [1.165, 1.54) is 6.21 Å². The number of nitrogens with zero attached hydrogens (tertiary/aromatic N) is 2. The summed E-state index contributed by atoms with van der Waals surface area (Å²) in [4.78, 5) is 17.9. The van der Waals surface area contributed by atoms with Crippen molar-refractivity contribution < 1.29 is 19.0 Å². The van der Waals surface area contributed by atoms with Crippen molar-refractivity contribution in [2.24, 2.45) is 5.10 Å². The largest absolute Gasteiger partial charge is 0.497 e. The number of hydrogen-bond donors (Lipinski definition) is 1. The number of carbonyl (C=O) groups excluding carboxylic acids is 1. The summed E-state index contributed by atoms with van der Waals surface area (Å²) >= 11 is 0. The van der Waals surface area contributed by atoms with E-state index in [0.717, 1.165) is 28.6 Å². The number of hydrazone groups is 1. The molecule has 1 aromatic heterocycles. The second-order valence-corrected chi connectivity index (χ2v) is 7.75. The van der Waals surface area contributed by atoms with Crippen molar-refractivity contribution in [1.29, 1.82) is 0 Å². The van der Waals surface area contributed by atoms with Crippen molar-refractivity contribution in [3.8, 4) is 28.5 Å². The third kappa shape index (κ3) is 5.58. The number of hydrogen-bond acceptors (Lipinski definition) is 6. The Bertz CT molecular complexity index is 1350. The van der Waals surface area contributed by atoms with Gasteiger partial charge in [-0.1, -0.05) is 25.1 Å². The molecule has 0 aliphatic rings. The lowest BCUT2D eigenvalue weighted by molar-refractivity contribution is 0.0956.